The van der Waals surface area contributed by atoms with Crippen LogP contribution in [0.15, 0.2) is 79.0 Å². The van der Waals surface area contributed by atoms with E-state index in [-0.39, 0.29) is 64.7 Å². The van der Waals surface area contributed by atoms with Crippen LogP contribution in [-0.4, -0.2) is 115 Å². The third kappa shape index (κ3) is 9.09. The lowest BCUT2D eigenvalue weighted by Gasteiger charge is -2.44. The number of carbonyl (C=O) groups is 1. The second-order valence-electron chi connectivity index (χ2n) is 21.9. The van der Waals surface area contributed by atoms with Gasteiger partial charge >= 0.3 is 12.1 Å². The SMILES string of the molecule is COCOc1cc(Cl)c(C2CC2)c(-c2ncc3c(N4CC5CCC(C4)N5C(=O)OC(C)(C)C)nc(OC[C@]45CCCN4[C@H](CO[Si](c4ccccc4)(c4ccccc4)C(C)(C)C)CC5)nc3c2F)c1. The average molecular weight is 978 g/mol. The number of benzene rings is 3. The van der Waals surface area contributed by atoms with Crippen LogP contribution in [0.3, 0.4) is 0 Å². The molecule has 1 aliphatic carbocycles. The molecule has 69 heavy (non-hydrogen) atoms. The van der Waals surface area contributed by atoms with Gasteiger partial charge in [0.1, 0.15) is 35.0 Å². The van der Waals surface area contributed by atoms with E-state index in [4.69, 9.17) is 49.9 Å². The fourth-order valence-corrected chi connectivity index (χ4v) is 16.9. The lowest BCUT2D eigenvalue weighted by Crippen LogP contribution is -2.67. The van der Waals surface area contributed by atoms with E-state index in [1.54, 1.807) is 25.4 Å². The predicted molar refractivity (Wildman–Crippen MR) is 270 cm³/mol. The molecule has 1 amide bonds. The topological polar surface area (TPSA) is 112 Å². The van der Waals surface area contributed by atoms with Gasteiger partial charge in [-0.3, -0.25) is 14.8 Å². The maximum absolute atomic E-state index is 17.6. The summed E-state index contributed by atoms with van der Waals surface area (Å²) in [5.74, 6) is 0.603. The molecular weight excluding hydrogens is 911 g/mol. The molecule has 2 unspecified atom stereocenters. The van der Waals surface area contributed by atoms with Gasteiger partial charge < -0.3 is 28.3 Å². The highest BCUT2D eigenvalue weighted by Crippen LogP contribution is 2.50. The average Bonchev–Trinajstić information content (AvgIpc) is 3.89. The van der Waals surface area contributed by atoms with E-state index in [0.29, 0.717) is 53.8 Å². The van der Waals surface area contributed by atoms with Crippen molar-refractivity contribution in [1.29, 1.82) is 0 Å². The monoisotopic (exact) mass is 976 g/mol. The number of rotatable bonds is 14. The first-order chi connectivity index (χ1) is 33.1. The van der Waals surface area contributed by atoms with Gasteiger partial charge in [-0.05, 0) is 118 Å². The molecule has 6 heterocycles. The molecule has 0 spiro atoms. The maximum Gasteiger partial charge on any atom is 0.410 e. The number of hydrogen-bond donors (Lipinski definition) is 0. The van der Waals surface area contributed by atoms with E-state index < -0.39 is 19.7 Å². The van der Waals surface area contributed by atoms with Crippen LogP contribution in [0.1, 0.15) is 104 Å². The van der Waals surface area contributed by atoms with E-state index in [0.717, 1.165) is 63.5 Å². The molecule has 5 aromatic rings. The van der Waals surface area contributed by atoms with E-state index in [1.807, 2.05) is 25.7 Å². The van der Waals surface area contributed by atoms with Crippen LogP contribution in [0.5, 0.6) is 11.8 Å². The van der Waals surface area contributed by atoms with Crippen LogP contribution >= 0.6 is 11.6 Å². The van der Waals surface area contributed by atoms with E-state index >= 15 is 4.39 Å². The van der Waals surface area contributed by atoms with Crippen LogP contribution in [0.2, 0.25) is 10.1 Å². The molecule has 0 radical (unpaired) electrons. The van der Waals surface area contributed by atoms with Crippen molar-refractivity contribution in [3.8, 4) is 23.0 Å². The molecule has 4 atom stereocenters. The molecule has 5 fully saturated rings. The summed E-state index contributed by atoms with van der Waals surface area (Å²) in [5.41, 5.74) is 0.803. The Bertz CT molecular complexity index is 2630. The van der Waals surface area contributed by atoms with Crippen LogP contribution < -0.4 is 24.7 Å². The van der Waals surface area contributed by atoms with Crippen molar-refractivity contribution in [2.24, 2.45) is 0 Å². The van der Waals surface area contributed by atoms with E-state index in [2.05, 4.69) is 91.2 Å². The number of anilines is 1. The Kier molecular flexibility index (Phi) is 13.0. The molecule has 4 saturated heterocycles. The van der Waals surface area contributed by atoms with Crippen LogP contribution in [0.4, 0.5) is 15.0 Å². The first kappa shape index (κ1) is 47.8. The summed E-state index contributed by atoms with van der Waals surface area (Å²) >= 11 is 6.93. The van der Waals surface area contributed by atoms with Crippen molar-refractivity contribution in [2.45, 2.75) is 133 Å². The number of amides is 1. The number of methoxy groups -OCH3 is 1. The molecule has 366 valence electrons. The Morgan fingerprint density at radius 3 is 2.19 bits per heavy atom. The summed E-state index contributed by atoms with van der Waals surface area (Å²) in [4.78, 5) is 35.0. The van der Waals surface area contributed by atoms with Crippen molar-refractivity contribution in [2.75, 3.05) is 51.7 Å². The lowest BCUT2D eigenvalue weighted by atomic mass is 9.95. The number of nitrogens with zero attached hydrogens (tertiary/aromatic N) is 6. The summed E-state index contributed by atoms with van der Waals surface area (Å²) in [6.07, 6.45) is 8.84. The summed E-state index contributed by atoms with van der Waals surface area (Å²) in [6, 6.07) is 25.3. The van der Waals surface area contributed by atoms with Gasteiger partial charge in [0.25, 0.3) is 8.32 Å². The molecule has 0 N–H and O–H groups in total. The summed E-state index contributed by atoms with van der Waals surface area (Å²) < 4.78 is 48.8. The second kappa shape index (κ2) is 18.7. The Morgan fingerprint density at radius 1 is 0.884 bits per heavy atom. The zero-order valence-electron chi connectivity index (χ0n) is 41.1. The Morgan fingerprint density at radius 2 is 1.57 bits per heavy atom. The largest absolute Gasteiger partial charge is 0.467 e. The number of pyridine rings is 1. The molecule has 5 aliphatic rings. The number of fused-ring (bicyclic) bond motifs is 4. The third-order valence-corrected chi connectivity index (χ3v) is 20.4. The summed E-state index contributed by atoms with van der Waals surface area (Å²) in [7, 11) is -1.21. The predicted octanol–water partition coefficient (Wildman–Crippen LogP) is 9.88. The molecule has 10 rings (SSSR count). The van der Waals surface area contributed by atoms with Gasteiger partial charge in [-0.15, -0.1) is 0 Å². The molecule has 4 aliphatic heterocycles. The minimum Gasteiger partial charge on any atom is -0.467 e. The number of carbonyl (C=O) groups excluding carboxylic acids is 1. The Labute approximate surface area is 411 Å². The van der Waals surface area contributed by atoms with E-state index in [1.165, 1.54) is 10.4 Å². The molecule has 15 heteroatoms. The number of ether oxygens (including phenoxy) is 4. The number of halogens is 2. The zero-order chi connectivity index (χ0) is 48.3. The van der Waals surface area contributed by atoms with Crippen molar-refractivity contribution in [3.05, 3.63) is 95.4 Å². The quantitative estimate of drug-likeness (QED) is 0.0784. The second-order valence-corrected chi connectivity index (χ2v) is 26.6. The lowest BCUT2D eigenvalue weighted by molar-refractivity contribution is 0.0122. The molecule has 2 aromatic heterocycles. The fourth-order valence-electron chi connectivity index (χ4n) is 12.0. The highest BCUT2D eigenvalue weighted by atomic mass is 35.5. The van der Waals surface area contributed by atoms with Gasteiger partial charge in [0, 0.05) is 43.0 Å². The zero-order valence-corrected chi connectivity index (χ0v) is 42.9. The highest BCUT2D eigenvalue weighted by Gasteiger charge is 2.54. The molecular formula is C54H66ClFN6O6Si. The summed E-state index contributed by atoms with van der Waals surface area (Å²) in [5, 5.41) is 3.38. The van der Waals surface area contributed by atoms with E-state index in [9.17, 15) is 4.79 Å². The normalized spacial score (nSPS) is 22.9. The Hall–Kier alpha value is -4.86. The standard InChI is InChI=1S/C54H66ClFN6O6Si/c1-52(2,3)68-51(63)62-36-21-22-37(62)31-60(30-36)49-43-29-57-47(42-27-39(66-34-64-7)28-44(55)45(42)35-19-20-35)46(56)48(43)58-50(59-49)65-33-54-24-14-26-61(54)38(23-25-54)32-67-69(53(4,5)6,40-15-10-8-11-16-40)41-17-12-9-13-18-41/h8-13,15-18,27-29,35-38H,14,19-26,30-34H2,1-7H3/t36?,37?,38-,54+/m0/s1. The van der Waals surface area contributed by atoms with Crippen LogP contribution in [0.25, 0.3) is 22.2 Å². The van der Waals surface area contributed by atoms with Gasteiger partial charge in [-0.1, -0.05) is 93.0 Å². The van der Waals surface area contributed by atoms with Gasteiger partial charge in [-0.2, -0.15) is 9.97 Å². The molecule has 3 aromatic carbocycles. The maximum atomic E-state index is 17.6. The fraction of sp³-hybridized carbons (Fsp3) is 0.519. The minimum atomic E-state index is -2.76. The molecule has 12 nitrogen and oxygen atoms in total. The van der Waals surface area contributed by atoms with Crippen LogP contribution in [0, 0.1) is 5.82 Å². The van der Waals surface area contributed by atoms with Crippen molar-refractivity contribution >= 4 is 53.1 Å². The summed E-state index contributed by atoms with van der Waals surface area (Å²) in [6.45, 7) is 15.5. The van der Waals surface area contributed by atoms with Gasteiger partial charge in [0.15, 0.2) is 12.6 Å². The minimum absolute atomic E-state index is 0.0140. The molecule has 2 bridgehead atoms. The third-order valence-electron chi connectivity index (χ3n) is 15.1. The number of piperazine rings is 1. The Balaban J connectivity index is 0.979. The molecule has 1 saturated carbocycles. The van der Waals surface area contributed by atoms with Gasteiger partial charge in [0.05, 0.1) is 29.6 Å². The number of hydrogen-bond acceptors (Lipinski definition) is 11. The van der Waals surface area contributed by atoms with Crippen LogP contribution in [-0.2, 0) is 13.9 Å². The number of aromatic nitrogens is 3. The first-order valence-corrected chi connectivity index (χ1v) is 27.1. The van der Waals surface area contributed by atoms with Gasteiger partial charge in [-0.25, -0.2) is 9.18 Å². The first-order valence-electron chi connectivity index (χ1n) is 24.8. The smallest absolute Gasteiger partial charge is 0.410 e. The van der Waals surface area contributed by atoms with Crippen molar-refractivity contribution in [1.82, 2.24) is 24.8 Å². The van der Waals surface area contributed by atoms with Crippen molar-refractivity contribution < 1.29 is 32.6 Å². The highest BCUT2D eigenvalue weighted by molar-refractivity contribution is 6.99. The van der Waals surface area contributed by atoms with Crippen molar-refractivity contribution in [3.63, 3.8) is 0 Å². The van der Waals surface area contributed by atoms with Gasteiger partial charge in [0.2, 0.25) is 0 Å².